The Bertz CT molecular complexity index is 3430. The van der Waals surface area contributed by atoms with Gasteiger partial charge in [-0.05, 0) is 138 Å². The van der Waals surface area contributed by atoms with E-state index in [-0.39, 0.29) is 5.41 Å². The molecule has 0 atom stereocenters. The van der Waals surface area contributed by atoms with Gasteiger partial charge in [-0.3, -0.25) is 0 Å². The Morgan fingerprint density at radius 2 is 0.754 bits per heavy atom. The number of hydrogen-bond acceptors (Lipinski definition) is 0. The Balaban J connectivity index is 1.11. The Kier molecular flexibility index (Phi) is 6.78. The molecule has 266 valence electrons. The highest BCUT2D eigenvalue weighted by Gasteiger charge is 2.39. The lowest BCUT2D eigenvalue weighted by Crippen LogP contribution is -2.15. The van der Waals surface area contributed by atoms with Gasteiger partial charge >= 0.3 is 0 Å². The summed E-state index contributed by atoms with van der Waals surface area (Å²) in [5.74, 6) is 0. The fourth-order valence-corrected chi connectivity index (χ4v) is 10.4. The van der Waals surface area contributed by atoms with Gasteiger partial charge in [-0.25, -0.2) is 0 Å². The second-order valence-corrected chi connectivity index (χ2v) is 16.4. The molecule has 1 aliphatic rings. The monoisotopic (exact) mass is 722 g/mol. The van der Waals surface area contributed by atoms with Crippen LogP contribution in [0.4, 0.5) is 0 Å². The van der Waals surface area contributed by atoms with E-state index < -0.39 is 0 Å². The summed E-state index contributed by atoms with van der Waals surface area (Å²) in [6.07, 6.45) is 0. The number of rotatable bonds is 3. The van der Waals surface area contributed by atoms with Crippen molar-refractivity contribution >= 4 is 64.6 Å². The molecule has 57 heavy (non-hydrogen) atoms. The number of fused-ring (bicyclic) bond motifs is 13. The maximum absolute atomic E-state index is 2.49. The topological polar surface area (TPSA) is 0 Å². The normalized spacial score (nSPS) is 13.2. The van der Waals surface area contributed by atoms with Gasteiger partial charge in [-0.2, -0.15) is 0 Å². The maximum atomic E-state index is 2.49. The first-order chi connectivity index (χ1) is 28.0. The van der Waals surface area contributed by atoms with E-state index in [9.17, 15) is 0 Å². The Labute approximate surface area is 332 Å². The summed E-state index contributed by atoms with van der Waals surface area (Å²) < 4.78 is 0. The van der Waals surface area contributed by atoms with Crippen LogP contribution in [-0.4, -0.2) is 0 Å². The number of hydrogen-bond donors (Lipinski definition) is 0. The summed E-state index contributed by atoms with van der Waals surface area (Å²) in [6.45, 7) is 4.84. The van der Waals surface area contributed by atoms with E-state index in [1.165, 1.54) is 120 Å². The van der Waals surface area contributed by atoms with Crippen LogP contribution in [0.25, 0.3) is 109 Å². The molecule has 0 unspecified atom stereocenters. The van der Waals surface area contributed by atoms with E-state index in [2.05, 4.69) is 208 Å². The summed E-state index contributed by atoms with van der Waals surface area (Å²) in [5.41, 5.74) is 13.0. The Morgan fingerprint density at radius 3 is 1.44 bits per heavy atom. The zero-order chi connectivity index (χ0) is 37.8. The standard InChI is InChI=1S/C57H38/c1-57(2)51-31-29-36-15-5-6-19-42(36)54(51)55-44-21-8-7-20-43(44)50-34-41(28-30-49(50)56(55)57)53-47-24-11-9-22-45(47)52(46-23-10-12-25-48(46)53)40-18-13-17-38(33-40)39-27-26-35-14-3-4-16-37(35)32-39/h3-34H,1-2H3. The molecule has 11 aromatic rings. The van der Waals surface area contributed by atoms with Crippen molar-refractivity contribution in [1.29, 1.82) is 0 Å². The predicted molar refractivity (Wildman–Crippen MR) is 245 cm³/mol. The largest absolute Gasteiger partial charge is 0.0616 e. The third-order valence-corrected chi connectivity index (χ3v) is 13.0. The first-order valence-corrected chi connectivity index (χ1v) is 20.1. The summed E-state index contributed by atoms with van der Waals surface area (Å²) in [6, 6.07) is 72.6. The van der Waals surface area contributed by atoms with Crippen LogP contribution in [0.2, 0.25) is 0 Å². The minimum absolute atomic E-state index is 0.152. The van der Waals surface area contributed by atoms with E-state index in [0.717, 1.165) is 0 Å². The van der Waals surface area contributed by atoms with E-state index in [1.54, 1.807) is 0 Å². The van der Waals surface area contributed by atoms with Gasteiger partial charge in [0.05, 0.1) is 0 Å². The van der Waals surface area contributed by atoms with Crippen molar-refractivity contribution in [2.45, 2.75) is 19.3 Å². The van der Waals surface area contributed by atoms with Gasteiger partial charge in [0.1, 0.15) is 0 Å². The van der Waals surface area contributed by atoms with Crippen molar-refractivity contribution in [2.24, 2.45) is 0 Å². The molecule has 0 nitrogen and oxygen atoms in total. The molecule has 0 saturated carbocycles. The fraction of sp³-hybridized carbons (Fsp3) is 0.0526. The molecule has 0 heterocycles. The van der Waals surface area contributed by atoms with Crippen molar-refractivity contribution in [3.05, 3.63) is 205 Å². The molecule has 0 N–H and O–H groups in total. The predicted octanol–water partition coefficient (Wildman–Crippen LogP) is 15.9. The van der Waals surface area contributed by atoms with E-state index in [0.29, 0.717) is 0 Å². The van der Waals surface area contributed by atoms with Gasteiger partial charge < -0.3 is 0 Å². The molecule has 0 fully saturated rings. The molecule has 1 aliphatic carbocycles. The number of benzene rings is 11. The average molecular weight is 723 g/mol. The highest BCUT2D eigenvalue weighted by atomic mass is 14.4. The Hall–Kier alpha value is -7.02. The fourth-order valence-electron chi connectivity index (χ4n) is 10.4. The van der Waals surface area contributed by atoms with Crippen LogP contribution in [-0.2, 0) is 5.41 Å². The van der Waals surface area contributed by atoms with Crippen LogP contribution in [0.5, 0.6) is 0 Å². The minimum Gasteiger partial charge on any atom is -0.0616 e. The third kappa shape index (κ3) is 4.62. The molecule has 0 radical (unpaired) electrons. The molecular formula is C57H38. The molecule has 0 aromatic heterocycles. The molecule has 0 saturated heterocycles. The van der Waals surface area contributed by atoms with E-state index in [1.807, 2.05) is 0 Å². The van der Waals surface area contributed by atoms with E-state index in [4.69, 9.17) is 0 Å². The minimum atomic E-state index is -0.152. The zero-order valence-electron chi connectivity index (χ0n) is 32.0. The van der Waals surface area contributed by atoms with Gasteiger partial charge in [-0.1, -0.05) is 190 Å². The van der Waals surface area contributed by atoms with Gasteiger partial charge in [0, 0.05) is 5.41 Å². The van der Waals surface area contributed by atoms with Crippen LogP contribution in [0, 0.1) is 0 Å². The molecule has 0 aliphatic heterocycles. The van der Waals surface area contributed by atoms with Crippen molar-refractivity contribution in [1.82, 2.24) is 0 Å². The molecular weight excluding hydrogens is 685 g/mol. The lowest BCUT2D eigenvalue weighted by molar-refractivity contribution is 0.667. The summed E-state index contributed by atoms with van der Waals surface area (Å²) in [7, 11) is 0. The summed E-state index contributed by atoms with van der Waals surface area (Å²) >= 11 is 0. The quantitative estimate of drug-likeness (QED) is 0.126. The van der Waals surface area contributed by atoms with Crippen molar-refractivity contribution in [3.63, 3.8) is 0 Å². The SMILES string of the molecule is CC1(C)c2ccc3ccccc3c2-c2c1c1ccc(-c3c4ccccc4c(-c4cccc(-c5ccc6ccccc6c5)c4)c4ccccc34)cc1c1ccccc21. The first-order valence-electron chi connectivity index (χ1n) is 20.1. The van der Waals surface area contributed by atoms with Crippen LogP contribution in [0.3, 0.4) is 0 Å². The summed E-state index contributed by atoms with van der Waals surface area (Å²) in [5, 5.41) is 15.5. The average Bonchev–Trinajstić information content (AvgIpc) is 3.52. The lowest BCUT2D eigenvalue weighted by Gasteiger charge is -2.24. The molecule has 11 aromatic carbocycles. The van der Waals surface area contributed by atoms with Crippen LogP contribution < -0.4 is 0 Å². The lowest BCUT2D eigenvalue weighted by atomic mass is 9.78. The summed E-state index contributed by atoms with van der Waals surface area (Å²) in [4.78, 5) is 0. The van der Waals surface area contributed by atoms with Crippen LogP contribution in [0.1, 0.15) is 25.0 Å². The van der Waals surface area contributed by atoms with Crippen molar-refractivity contribution in [2.75, 3.05) is 0 Å². The molecule has 0 heteroatoms. The highest BCUT2D eigenvalue weighted by molar-refractivity contribution is 6.25. The van der Waals surface area contributed by atoms with Gasteiger partial charge in [0.25, 0.3) is 0 Å². The van der Waals surface area contributed by atoms with Crippen LogP contribution in [0.15, 0.2) is 194 Å². The van der Waals surface area contributed by atoms with Gasteiger partial charge in [0.2, 0.25) is 0 Å². The molecule has 0 bridgehead atoms. The Morgan fingerprint density at radius 1 is 0.263 bits per heavy atom. The van der Waals surface area contributed by atoms with E-state index >= 15 is 0 Å². The van der Waals surface area contributed by atoms with Gasteiger partial charge in [-0.15, -0.1) is 0 Å². The third-order valence-electron chi connectivity index (χ3n) is 13.0. The van der Waals surface area contributed by atoms with Crippen LogP contribution >= 0.6 is 0 Å². The van der Waals surface area contributed by atoms with Crippen molar-refractivity contribution < 1.29 is 0 Å². The molecule has 0 spiro atoms. The zero-order valence-corrected chi connectivity index (χ0v) is 32.0. The van der Waals surface area contributed by atoms with Crippen molar-refractivity contribution in [3.8, 4) is 44.5 Å². The maximum Gasteiger partial charge on any atom is 0.0165 e. The van der Waals surface area contributed by atoms with Gasteiger partial charge in [0.15, 0.2) is 0 Å². The second kappa shape index (κ2) is 12.0. The first kappa shape index (κ1) is 32.2. The molecule has 0 amide bonds. The molecule has 12 rings (SSSR count). The highest BCUT2D eigenvalue weighted by Crippen LogP contribution is 2.57. The smallest absolute Gasteiger partial charge is 0.0165 e. The second-order valence-electron chi connectivity index (χ2n) is 16.4.